The van der Waals surface area contributed by atoms with E-state index >= 15 is 0 Å². The van der Waals surface area contributed by atoms with Gasteiger partial charge in [-0.1, -0.05) is 0 Å². The molecule has 1 aliphatic rings. The first-order chi connectivity index (χ1) is 11.7. The number of aryl methyl sites for hydroxylation is 1. The fourth-order valence-corrected chi connectivity index (χ4v) is 3.19. The summed E-state index contributed by atoms with van der Waals surface area (Å²) in [6.45, 7) is 4.49. The van der Waals surface area contributed by atoms with Gasteiger partial charge >= 0.3 is 0 Å². The van der Waals surface area contributed by atoms with Gasteiger partial charge in [0.2, 0.25) is 0 Å². The van der Waals surface area contributed by atoms with Crippen molar-refractivity contribution in [2.75, 3.05) is 18.0 Å². The molecule has 24 heavy (non-hydrogen) atoms. The van der Waals surface area contributed by atoms with Crippen molar-refractivity contribution in [1.82, 2.24) is 29.4 Å². The Bertz CT molecular complexity index is 908. The third-order valence-corrected chi connectivity index (χ3v) is 4.59. The summed E-state index contributed by atoms with van der Waals surface area (Å²) in [4.78, 5) is 18.1. The molecule has 3 aromatic heterocycles. The van der Waals surface area contributed by atoms with Crippen molar-refractivity contribution in [2.45, 2.75) is 26.3 Å². The fourth-order valence-electron chi connectivity index (χ4n) is 3.19. The number of rotatable bonds is 3. The van der Waals surface area contributed by atoms with Crippen LogP contribution in [0.2, 0.25) is 0 Å². The largest absolute Gasteiger partial charge is 0.355 e. The van der Waals surface area contributed by atoms with Gasteiger partial charge in [0.1, 0.15) is 5.82 Å². The predicted octanol–water partition coefficient (Wildman–Crippen LogP) is 0.906. The van der Waals surface area contributed by atoms with Crippen LogP contribution < -0.4 is 10.5 Å². The molecule has 3 aromatic rings. The van der Waals surface area contributed by atoms with E-state index < -0.39 is 0 Å². The minimum Gasteiger partial charge on any atom is -0.355 e. The molecule has 1 fully saturated rings. The Balaban J connectivity index is 1.44. The van der Waals surface area contributed by atoms with Crippen molar-refractivity contribution in [3.05, 3.63) is 46.9 Å². The summed E-state index contributed by atoms with van der Waals surface area (Å²) >= 11 is 0. The molecule has 4 rings (SSSR count). The molecule has 4 heterocycles. The van der Waals surface area contributed by atoms with Gasteiger partial charge in [-0.05, 0) is 37.8 Å². The van der Waals surface area contributed by atoms with Crippen LogP contribution in [0.5, 0.6) is 0 Å². The summed E-state index contributed by atoms with van der Waals surface area (Å²) in [5.74, 6) is 2.23. The minimum absolute atomic E-state index is 0.0163. The average molecular weight is 325 g/mol. The predicted molar refractivity (Wildman–Crippen MR) is 89.0 cm³/mol. The van der Waals surface area contributed by atoms with Crippen molar-refractivity contribution < 1.29 is 0 Å². The highest BCUT2D eigenvalue weighted by molar-refractivity contribution is 5.45. The van der Waals surface area contributed by atoms with Crippen LogP contribution in [-0.2, 0) is 6.54 Å². The number of nitrogens with zero attached hydrogens (tertiary/aromatic N) is 7. The van der Waals surface area contributed by atoms with Gasteiger partial charge < -0.3 is 4.90 Å². The number of hydrogen-bond acceptors (Lipinski definition) is 6. The Labute approximate surface area is 138 Å². The Morgan fingerprint density at radius 3 is 2.79 bits per heavy atom. The summed E-state index contributed by atoms with van der Waals surface area (Å²) in [5, 5.41) is 12.7. The lowest BCUT2D eigenvalue weighted by Crippen LogP contribution is -2.37. The van der Waals surface area contributed by atoms with Gasteiger partial charge in [-0.25, -0.2) is 4.98 Å². The van der Waals surface area contributed by atoms with E-state index in [1.54, 1.807) is 15.4 Å². The molecule has 1 saturated heterocycles. The highest BCUT2D eigenvalue weighted by Crippen LogP contribution is 2.22. The smallest absolute Gasteiger partial charge is 0.253 e. The maximum atomic E-state index is 11.8. The molecule has 0 saturated carbocycles. The Kier molecular flexibility index (Phi) is 3.72. The monoisotopic (exact) mass is 325 g/mol. The van der Waals surface area contributed by atoms with Crippen LogP contribution in [0.15, 0.2) is 35.5 Å². The molecule has 0 unspecified atom stereocenters. The van der Waals surface area contributed by atoms with Gasteiger partial charge in [-0.2, -0.15) is 4.52 Å². The number of aromatic nitrogens is 6. The lowest BCUT2D eigenvalue weighted by atomic mass is 9.96. The topological polar surface area (TPSA) is 81.2 Å². The third-order valence-electron chi connectivity index (χ3n) is 4.59. The van der Waals surface area contributed by atoms with Crippen LogP contribution >= 0.6 is 0 Å². The third kappa shape index (κ3) is 2.75. The summed E-state index contributed by atoms with van der Waals surface area (Å²) in [6, 6.07) is 5.45. The standard InChI is InChI=1S/C16H19N7O/c1-12-18-19-14-2-3-15(20-23(12)14)21-8-5-13(6-9-21)10-22-11-17-7-4-16(22)24/h2-4,7,11,13H,5-6,8-10H2,1H3. The molecule has 0 N–H and O–H groups in total. The van der Waals surface area contributed by atoms with Crippen molar-refractivity contribution in [1.29, 1.82) is 0 Å². The van der Waals surface area contributed by atoms with Gasteiger partial charge in [-0.3, -0.25) is 9.36 Å². The van der Waals surface area contributed by atoms with Gasteiger partial charge in [0.05, 0.1) is 6.33 Å². The van der Waals surface area contributed by atoms with E-state index in [2.05, 4.69) is 25.2 Å². The van der Waals surface area contributed by atoms with E-state index in [-0.39, 0.29) is 5.56 Å². The van der Waals surface area contributed by atoms with Crippen LogP contribution in [0.4, 0.5) is 5.82 Å². The van der Waals surface area contributed by atoms with Gasteiger partial charge in [0, 0.05) is 31.9 Å². The number of piperidine rings is 1. The SMILES string of the molecule is Cc1nnc2ccc(N3CCC(Cn4cnccc4=O)CC3)nn12. The van der Waals surface area contributed by atoms with Crippen molar-refractivity contribution in [2.24, 2.45) is 5.92 Å². The zero-order valence-electron chi connectivity index (χ0n) is 13.5. The fraction of sp³-hybridized carbons (Fsp3) is 0.438. The summed E-state index contributed by atoms with van der Waals surface area (Å²) in [5.41, 5.74) is 0.782. The summed E-state index contributed by atoms with van der Waals surface area (Å²) in [6.07, 6.45) is 5.22. The number of hydrogen-bond donors (Lipinski definition) is 0. The second-order valence-corrected chi connectivity index (χ2v) is 6.21. The molecule has 0 radical (unpaired) electrons. The lowest BCUT2D eigenvalue weighted by Gasteiger charge is -2.32. The van der Waals surface area contributed by atoms with E-state index in [9.17, 15) is 4.79 Å². The molecule has 0 amide bonds. The Morgan fingerprint density at radius 2 is 2.00 bits per heavy atom. The minimum atomic E-state index is 0.0163. The van der Waals surface area contributed by atoms with Crippen LogP contribution in [0.1, 0.15) is 18.7 Å². The Morgan fingerprint density at radius 1 is 1.17 bits per heavy atom. The van der Waals surface area contributed by atoms with Gasteiger partial charge in [-0.15, -0.1) is 15.3 Å². The quantitative estimate of drug-likeness (QED) is 0.712. The first-order valence-corrected chi connectivity index (χ1v) is 8.15. The molecule has 8 nitrogen and oxygen atoms in total. The maximum absolute atomic E-state index is 11.8. The first-order valence-electron chi connectivity index (χ1n) is 8.15. The molecule has 0 aromatic carbocycles. The molecule has 0 aliphatic carbocycles. The molecule has 1 aliphatic heterocycles. The summed E-state index contributed by atoms with van der Waals surface area (Å²) < 4.78 is 3.47. The van der Waals surface area contributed by atoms with E-state index in [1.807, 2.05) is 19.1 Å². The van der Waals surface area contributed by atoms with Gasteiger partial charge in [0.15, 0.2) is 11.5 Å². The second-order valence-electron chi connectivity index (χ2n) is 6.21. The van der Waals surface area contributed by atoms with E-state index in [0.29, 0.717) is 5.92 Å². The van der Waals surface area contributed by atoms with Gasteiger partial charge in [0.25, 0.3) is 5.56 Å². The molecule has 0 atom stereocenters. The second kappa shape index (κ2) is 6.03. The van der Waals surface area contributed by atoms with Crippen molar-refractivity contribution in [3.63, 3.8) is 0 Å². The van der Waals surface area contributed by atoms with Crippen LogP contribution in [0, 0.1) is 12.8 Å². The zero-order valence-corrected chi connectivity index (χ0v) is 13.5. The molecule has 124 valence electrons. The van der Waals surface area contributed by atoms with Crippen molar-refractivity contribution >= 4 is 11.5 Å². The summed E-state index contributed by atoms with van der Waals surface area (Å²) in [7, 11) is 0. The Hall–Kier alpha value is -2.77. The number of fused-ring (bicyclic) bond motifs is 1. The maximum Gasteiger partial charge on any atom is 0.253 e. The average Bonchev–Trinajstić information content (AvgIpc) is 2.98. The van der Waals surface area contributed by atoms with E-state index in [0.717, 1.165) is 49.8 Å². The lowest BCUT2D eigenvalue weighted by molar-refractivity contribution is 0.349. The first kappa shape index (κ1) is 14.8. The van der Waals surface area contributed by atoms with E-state index in [4.69, 9.17) is 0 Å². The highest BCUT2D eigenvalue weighted by atomic mass is 16.1. The molecule has 8 heteroatoms. The molecule has 0 spiro atoms. The van der Waals surface area contributed by atoms with E-state index in [1.165, 1.54) is 12.3 Å². The zero-order chi connectivity index (χ0) is 16.5. The van der Waals surface area contributed by atoms with Crippen LogP contribution in [0.25, 0.3) is 5.65 Å². The molecular weight excluding hydrogens is 306 g/mol. The highest BCUT2D eigenvalue weighted by Gasteiger charge is 2.21. The molecule has 0 bridgehead atoms. The molecular formula is C16H19N7O. The normalized spacial score (nSPS) is 16.0. The number of anilines is 1. The van der Waals surface area contributed by atoms with Crippen molar-refractivity contribution in [3.8, 4) is 0 Å². The van der Waals surface area contributed by atoms with Crippen LogP contribution in [0.3, 0.4) is 0 Å². The van der Waals surface area contributed by atoms with Crippen LogP contribution in [-0.4, -0.2) is 42.5 Å².